The third kappa shape index (κ3) is 1.90. The topological polar surface area (TPSA) is 63.6 Å². The minimum Gasteiger partial charge on any atom is -0.481 e. The maximum Gasteiger partial charge on any atom is 0.313 e. The highest BCUT2D eigenvalue weighted by atomic mass is 16.5. The van der Waals surface area contributed by atoms with Crippen molar-refractivity contribution < 1.29 is 19.4 Å². The predicted octanol–water partition coefficient (Wildman–Crippen LogP) is 2.02. The van der Waals surface area contributed by atoms with Gasteiger partial charge in [0.25, 0.3) is 0 Å². The molecule has 1 fully saturated rings. The molecule has 5 atom stereocenters. The lowest BCUT2D eigenvalue weighted by molar-refractivity contribution is -0.149. The molecule has 0 amide bonds. The Labute approximate surface area is 112 Å². The van der Waals surface area contributed by atoms with Gasteiger partial charge in [0.05, 0.1) is 19.4 Å². The zero-order valence-electron chi connectivity index (χ0n) is 10.9. The SMILES string of the molecule is COC(=O)C(CC(=O)O)C1=CC2CC1C1CC=CC21. The number of carboxylic acid groups (broad SMARTS) is 1. The van der Waals surface area contributed by atoms with Gasteiger partial charge in [-0.25, -0.2) is 0 Å². The van der Waals surface area contributed by atoms with Gasteiger partial charge in [0, 0.05) is 0 Å². The highest BCUT2D eigenvalue weighted by Crippen LogP contribution is 2.57. The van der Waals surface area contributed by atoms with Crippen molar-refractivity contribution in [2.24, 2.45) is 29.6 Å². The van der Waals surface area contributed by atoms with E-state index < -0.39 is 17.9 Å². The van der Waals surface area contributed by atoms with Gasteiger partial charge >= 0.3 is 11.9 Å². The highest BCUT2D eigenvalue weighted by Gasteiger charge is 2.50. The Bertz CT molecular complexity index is 477. The first-order valence-electron chi connectivity index (χ1n) is 6.79. The average Bonchev–Trinajstić information content (AvgIpc) is 3.05. The number of fused-ring (bicyclic) bond motifs is 5. The second kappa shape index (κ2) is 4.51. The van der Waals surface area contributed by atoms with E-state index in [4.69, 9.17) is 9.84 Å². The Morgan fingerprint density at radius 1 is 1.53 bits per heavy atom. The van der Waals surface area contributed by atoms with Gasteiger partial charge in [0.15, 0.2) is 0 Å². The Hall–Kier alpha value is -1.58. The lowest BCUT2D eigenvalue weighted by Gasteiger charge is -2.28. The summed E-state index contributed by atoms with van der Waals surface area (Å²) in [4.78, 5) is 22.8. The van der Waals surface area contributed by atoms with Crippen molar-refractivity contribution in [1.29, 1.82) is 0 Å². The maximum atomic E-state index is 11.9. The summed E-state index contributed by atoms with van der Waals surface area (Å²) >= 11 is 0. The molecule has 3 aliphatic carbocycles. The first-order valence-corrected chi connectivity index (χ1v) is 6.79. The summed E-state index contributed by atoms with van der Waals surface area (Å²) in [5.41, 5.74) is 1.02. The van der Waals surface area contributed by atoms with E-state index in [1.54, 1.807) is 0 Å². The number of hydrogen-bond acceptors (Lipinski definition) is 3. The first-order chi connectivity index (χ1) is 9.11. The molecular formula is C15H18O4. The van der Waals surface area contributed by atoms with Gasteiger partial charge in [0.1, 0.15) is 0 Å². The van der Waals surface area contributed by atoms with Crippen molar-refractivity contribution in [1.82, 2.24) is 0 Å². The first kappa shape index (κ1) is 12.5. The number of carbonyl (C=O) groups is 2. The van der Waals surface area contributed by atoms with Gasteiger partial charge in [-0.15, -0.1) is 0 Å². The molecule has 0 saturated heterocycles. The lowest BCUT2D eigenvalue weighted by Crippen LogP contribution is -2.28. The molecule has 5 unspecified atom stereocenters. The smallest absolute Gasteiger partial charge is 0.313 e. The van der Waals surface area contributed by atoms with E-state index in [1.165, 1.54) is 7.11 Å². The molecule has 0 spiro atoms. The number of allylic oxidation sites excluding steroid dienone is 3. The van der Waals surface area contributed by atoms with E-state index in [0.717, 1.165) is 18.4 Å². The molecule has 1 saturated carbocycles. The third-order valence-corrected chi connectivity index (χ3v) is 4.90. The molecule has 4 heteroatoms. The molecule has 0 heterocycles. The molecule has 1 N–H and O–H groups in total. The highest BCUT2D eigenvalue weighted by molar-refractivity contribution is 5.82. The van der Waals surface area contributed by atoms with Crippen LogP contribution >= 0.6 is 0 Å². The van der Waals surface area contributed by atoms with E-state index in [1.807, 2.05) is 0 Å². The monoisotopic (exact) mass is 262 g/mol. The van der Waals surface area contributed by atoms with Crippen molar-refractivity contribution >= 4 is 11.9 Å². The van der Waals surface area contributed by atoms with Crippen LogP contribution in [0.15, 0.2) is 23.8 Å². The molecule has 3 aliphatic rings. The summed E-state index contributed by atoms with van der Waals surface area (Å²) in [5, 5.41) is 9.00. The fraction of sp³-hybridized carbons (Fsp3) is 0.600. The summed E-state index contributed by atoms with van der Waals surface area (Å²) in [6, 6.07) is 0. The molecule has 0 aromatic rings. The molecule has 0 aliphatic heterocycles. The molecule has 102 valence electrons. The quantitative estimate of drug-likeness (QED) is 0.622. The number of methoxy groups -OCH3 is 1. The van der Waals surface area contributed by atoms with E-state index in [9.17, 15) is 9.59 Å². The van der Waals surface area contributed by atoms with Crippen LogP contribution in [0.5, 0.6) is 0 Å². The number of hydrogen-bond donors (Lipinski definition) is 1. The predicted molar refractivity (Wildman–Crippen MR) is 68.2 cm³/mol. The van der Waals surface area contributed by atoms with Crippen molar-refractivity contribution in [3.8, 4) is 0 Å². The second-order valence-corrected chi connectivity index (χ2v) is 5.75. The number of esters is 1. The normalized spacial score (nSPS) is 35.9. The Kier molecular flexibility index (Phi) is 2.96. The summed E-state index contributed by atoms with van der Waals surface area (Å²) in [6.45, 7) is 0. The minimum atomic E-state index is -0.944. The molecule has 0 aromatic carbocycles. The van der Waals surface area contributed by atoms with E-state index in [0.29, 0.717) is 23.7 Å². The Balaban J connectivity index is 1.85. The van der Waals surface area contributed by atoms with Gasteiger partial charge in [0.2, 0.25) is 0 Å². The standard InChI is InChI=1S/C15H18O4/c1-19-15(18)13(7-14(16)17)12-6-8-5-11(12)10-4-2-3-9(8)10/h2-3,6,8-11,13H,4-5,7H2,1H3,(H,16,17). The number of carbonyl (C=O) groups excluding carboxylic acids is 1. The number of rotatable bonds is 4. The van der Waals surface area contributed by atoms with Crippen LogP contribution in [0.25, 0.3) is 0 Å². The van der Waals surface area contributed by atoms with Crippen LogP contribution in [-0.2, 0) is 14.3 Å². The van der Waals surface area contributed by atoms with Gasteiger partial charge in [-0.05, 0) is 36.5 Å². The van der Waals surface area contributed by atoms with Crippen LogP contribution in [-0.4, -0.2) is 24.2 Å². The maximum absolute atomic E-state index is 11.9. The number of ether oxygens (including phenoxy) is 1. The van der Waals surface area contributed by atoms with Crippen LogP contribution in [0.3, 0.4) is 0 Å². The third-order valence-electron chi connectivity index (χ3n) is 4.90. The molecule has 19 heavy (non-hydrogen) atoms. The van der Waals surface area contributed by atoms with Crippen LogP contribution in [0.2, 0.25) is 0 Å². The van der Waals surface area contributed by atoms with Crippen LogP contribution in [0.1, 0.15) is 19.3 Å². The van der Waals surface area contributed by atoms with Crippen LogP contribution in [0, 0.1) is 29.6 Å². The Morgan fingerprint density at radius 3 is 3.00 bits per heavy atom. The summed E-state index contributed by atoms with van der Waals surface area (Å²) in [6.07, 6.45) is 8.62. The molecule has 2 bridgehead atoms. The number of aliphatic carboxylic acids is 1. The van der Waals surface area contributed by atoms with Gasteiger partial charge in [-0.3, -0.25) is 9.59 Å². The van der Waals surface area contributed by atoms with Gasteiger partial charge in [-0.2, -0.15) is 0 Å². The van der Waals surface area contributed by atoms with Gasteiger partial charge in [-0.1, -0.05) is 23.8 Å². The van der Waals surface area contributed by atoms with Crippen molar-refractivity contribution in [3.05, 3.63) is 23.8 Å². The average molecular weight is 262 g/mol. The van der Waals surface area contributed by atoms with E-state index >= 15 is 0 Å². The van der Waals surface area contributed by atoms with Crippen LogP contribution < -0.4 is 0 Å². The Morgan fingerprint density at radius 2 is 2.32 bits per heavy atom. The summed E-state index contributed by atoms with van der Waals surface area (Å²) < 4.78 is 4.79. The summed E-state index contributed by atoms with van der Waals surface area (Å²) in [5.74, 6) is 0.0869. The van der Waals surface area contributed by atoms with E-state index in [-0.39, 0.29) is 6.42 Å². The fourth-order valence-corrected chi connectivity index (χ4v) is 4.17. The van der Waals surface area contributed by atoms with Gasteiger partial charge < -0.3 is 9.84 Å². The minimum absolute atomic E-state index is 0.160. The van der Waals surface area contributed by atoms with Crippen molar-refractivity contribution in [2.45, 2.75) is 19.3 Å². The number of carboxylic acids is 1. The zero-order chi connectivity index (χ0) is 13.6. The molecule has 3 rings (SSSR count). The second-order valence-electron chi connectivity index (χ2n) is 5.75. The van der Waals surface area contributed by atoms with Crippen molar-refractivity contribution in [3.63, 3.8) is 0 Å². The molecule has 0 aromatic heterocycles. The zero-order valence-corrected chi connectivity index (χ0v) is 10.9. The largest absolute Gasteiger partial charge is 0.481 e. The molecular weight excluding hydrogens is 244 g/mol. The fourth-order valence-electron chi connectivity index (χ4n) is 4.17. The van der Waals surface area contributed by atoms with Crippen LogP contribution in [0.4, 0.5) is 0 Å². The van der Waals surface area contributed by atoms with Crippen molar-refractivity contribution in [2.75, 3.05) is 7.11 Å². The lowest BCUT2D eigenvalue weighted by atomic mass is 9.76. The molecule has 4 nitrogen and oxygen atoms in total. The van der Waals surface area contributed by atoms with E-state index in [2.05, 4.69) is 18.2 Å². The molecule has 0 radical (unpaired) electrons. The summed E-state index contributed by atoms with van der Waals surface area (Å²) in [7, 11) is 1.32.